The van der Waals surface area contributed by atoms with Gasteiger partial charge >= 0.3 is 17.9 Å². The van der Waals surface area contributed by atoms with Gasteiger partial charge in [0.05, 0.1) is 0 Å². The molecule has 0 rings (SSSR count). The summed E-state index contributed by atoms with van der Waals surface area (Å²) in [6, 6.07) is 0. The van der Waals surface area contributed by atoms with Gasteiger partial charge in [0.2, 0.25) is 0 Å². The zero-order valence-corrected chi connectivity index (χ0v) is 42.8. The number of carbonyl (C=O) groups is 3. The first-order valence-electron chi connectivity index (χ1n) is 28.0. The number of unbranched alkanes of at least 4 members (excludes halogenated alkanes) is 34. The van der Waals surface area contributed by atoms with E-state index in [1.54, 1.807) is 0 Å². The molecule has 0 unspecified atom stereocenters. The molecule has 0 N–H and O–H groups in total. The van der Waals surface area contributed by atoms with Crippen LogP contribution < -0.4 is 0 Å². The smallest absolute Gasteiger partial charge is 0.306 e. The number of allylic oxidation sites excluding steroid dienone is 6. The van der Waals surface area contributed by atoms with E-state index in [9.17, 15) is 14.4 Å². The summed E-state index contributed by atoms with van der Waals surface area (Å²) in [4.78, 5) is 38.1. The Morgan fingerprint density at radius 2 is 0.609 bits per heavy atom. The third kappa shape index (κ3) is 50.6. The average molecular weight is 899 g/mol. The Labute approximate surface area is 397 Å². The molecule has 1 atom stereocenters. The van der Waals surface area contributed by atoms with E-state index < -0.39 is 6.10 Å². The summed E-state index contributed by atoms with van der Waals surface area (Å²) in [6.45, 7) is 6.55. The molecule has 0 aromatic heterocycles. The fourth-order valence-electron chi connectivity index (χ4n) is 8.22. The molecule has 6 nitrogen and oxygen atoms in total. The summed E-state index contributed by atoms with van der Waals surface area (Å²) in [6.07, 6.45) is 62.8. The third-order valence-corrected chi connectivity index (χ3v) is 12.4. The molecule has 0 amide bonds. The second-order valence-corrected chi connectivity index (χ2v) is 18.8. The SMILES string of the molecule is CC/C=C\C/C=C\C/C=C\CCCCCCCC(=O)O[C@H](COC(=O)CCCCCCCCCCCCCC)COC(=O)CCCCCCCCCCCCCCCCCCCCC. The van der Waals surface area contributed by atoms with Gasteiger partial charge in [-0.05, 0) is 51.4 Å². The van der Waals surface area contributed by atoms with Gasteiger partial charge in [0, 0.05) is 19.3 Å². The van der Waals surface area contributed by atoms with Gasteiger partial charge in [0.25, 0.3) is 0 Å². The number of hydrogen-bond donors (Lipinski definition) is 0. The van der Waals surface area contributed by atoms with Crippen LogP contribution in [0.3, 0.4) is 0 Å². The highest BCUT2D eigenvalue weighted by Crippen LogP contribution is 2.17. The minimum atomic E-state index is -0.776. The van der Waals surface area contributed by atoms with Crippen molar-refractivity contribution < 1.29 is 28.6 Å². The topological polar surface area (TPSA) is 78.9 Å². The molecule has 6 heteroatoms. The van der Waals surface area contributed by atoms with Crippen molar-refractivity contribution in [2.24, 2.45) is 0 Å². The predicted molar refractivity (Wildman–Crippen MR) is 275 cm³/mol. The van der Waals surface area contributed by atoms with Crippen molar-refractivity contribution in [3.63, 3.8) is 0 Å². The predicted octanol–water partition coefficient (Wildman–Crippen LogP) is 18.5. The number of ether oxygens (including phenoxy) is 3. The lowest BCUT2D eigenvalue weighted by Gasteiger charge is -2.18. The van der Waals surface area contributed by atoms with Crippen LogP contribution in [0.4, 0.5) is 0 Å². The number of rotatable bonds is 51. The van der Waals surface area contributed by atoms with Gasteiger partial charge in [-0.25, -0.2) is 0 Å². The lowest BCUT2D eigenvalue weighted by atomic mass is 10.0. The fourth-order valence-corrected chi connectivity index (χ4v) is 8.22. The molecule has 0 bridgehead atoms. The molecule has 374 valence electrons. The molecular weight excluding hydrogens is 793 g/mol. The van der Waals surface area contributed by atoms with E-state index in [-0.39, 0.29) is 31.1 Å². The molecule has 0 saturated carbocycles. The lowest BCUT2D eigenvalue weighted by Crippen LogP contribution is -2.30. The van der Waals surface area contributed by atoms with Gasteiger partial charge in [-0.2, -0.15) is 0 Å². The van der Waals surface area contributed by atoms with Crippen molar-refractivity contribution in [2.75, 3.05) is 13.2 Å². The van der Waals surface area contributed by atoms with Gasteiger partial charge in [0.1, 0.15) is 13.2 Å². The van der Waals surface area contributed by atoms with E-state index in [1.165, 1.54) is 161 Å². The Kier molecular flexibility index (Phi) is 51.3. The van der Waals surface area contributed by atoms with E-state index in [4.69, 9.17) is 14.2 Å². The van der Waals surface area contributed by atoms with Crippen molar-refractivity contribution in [3.8, 4) is 0 Å². The van der Waals surface area contributed by atoms with Crippen LogP contribution in [0.5, 0.6) is 0 Å². The Morgan fingerprint density at radius 3 is 0.953 bits per heavy atom. The normalized spacial score (nSPS) is 12.2. The van der Waals surface area contributed by atoms with Gasteiger partial charge in [-0.3, -0.25) is 14.4 Å². The Morgan fingerprint density at radius 1 is 0.328 bits per heavy atom. The highest BCUT2D eigenvalue weighted by Gasteiger charge is 2.19. The van der Waals surface area contributed by atoms with Crippen LogP contribution >= 0.6 is 0 Å². The summed E-state index contributed by atoms with van der Waals surface area (Å²) >= 11 is 0. The highest BCUT2D eigenvalue weighted by atomic mass is 16.6. The van der Waals surface area contributed by atoms with Crippen LogP contribution in [-0.4, -0.2) is 37.2 Å². The zero-order chi connectivity index (χ0) is 46.5. The summed E-state index contributed by atoms with van der Waals surface area (Å²) < 4.78 is 16.8. The summed E-state index contributed by atoms with van der Waals surface area (Å²) in [7, 11) is 0. The van der Waals surface area contributed by atoms with Crippen LogP contribution in [0.2, 0.25) is 0 Å². The van der Waals surface area contributed by atoms with Crippen molar-refractivity contribution in [1.82, 2.24) is 0 Å². The minimum absolute atomic E-state index is 0.0746. The van der Waals surface area contributed by atoms with E-state index in [0.29, 0.717) is 19.3 Å². The fraction of sp³-hybridized carbons (Fsp3) is 0.845. The Bertz CT molecular complexity index is 1080. The molecule has 0 aliphatic carbocycles. The Balaban J connectivity index is 4.31. The number of carbonyl (C=O) groups excluding carboxylic acids is 3. The molecule has 0 aromatic rings. The van der Waals surface area contributed by atoms with Gasteiger partial charge in [-0.15, -0.1) is 0 Å². The Hall–Kier alpha value is -2.37. The lowest BCUT2D eigenvalue weighted by molar-refractivity contribution is -0.167. The second-order valence-electron chi connectivity index (χ2n) is 18.8. The molecule has 0 aliphatic rings. The summed E-state index contributed by atoms with van der Waals surface area (Å²) in [5.74, 6) is -0.875. The minimum Gasteiger partial charge on any atom is -0.462 e. The van der Waals surface area contributed by atoms with Crippen LogP contribution in [0.1, 0.15) is 297 Å². The first kappa shape index (κ1) is 61.6. The maximum Gasteiger partial charge on any atom is 0.306 e. The summed E-state index contributed by atoms with van der Waals surface area (Å²) in [5.41, 5.74) is 0. The van der Waals surface area contributed by atoms with Crippen molar-refractivity contribution in [2.45, 2.75) is 303 Å². The molecule has 0 fully saturated rings. The molecular formula is C58H106O6. The second kappa shape index (κ2) is 53.2. The van der Waals surface area contributed by atoms with Crippen LogP contribution in [0.25, 0.3) is 0 Å². The standard InChI is InChI=1S/C58H106O6/c1-4-7-10-13-16-19-22-25-27-28-29-30-32-33-36-39-42-45-48-51-57(60)63-54-55(53-62-56(59)50-47-44-41-38-35-24-21-18-15-12-9-6-3)64-58(61)52-49-46-43-40-37-34-31-26-23-20-17-14-11-8-5-2/h8,11,17,20,26,31,55H,4-7,9-10,12-16,18-19,21-25,27-30,32-54H2,1-3H3/b11-8-,20-17-,31-26-/t55-/m1/s1. The van der Waals surface area contributed by atoms with Crippen molar-refractivity contribution in [3.05, 3.63) is 36.5 Å². The summed E-state index contributed by atoms with van der Waals surface area (Å²) in [5, 5.41) is 0. The van der Waals surface area contributed by atoms with E-state index in [1.807, 2.05) is 0 Å². The maximum atomic E-state index is 12.8. The van der Waals surface area contributed by atoms with E-state index >= 15 is 0 Å². The van der Waals surface area contributed by atoms with E-state index in [2.05, 4.69) is 57.2 Å². The zero-order valence-electron chi connectivity index (χ0n) is 42.8. The number of esters is 3. The van der Waals surface area contributed by atoms with Crippen LogP contribution in [0, 0.1) is 0 Å². The van der Waals surface area contributed by atoms with Gasteiger partial charge in [-0.1, -0.05) is 263 Å². The largest absolute Gasteiger partial charge is 0.462 e. The molecule has 0 spiro atoms. The number of hydrogen-bond acceptors (Lipinski definition) is 6. The molecule has 0 radical (unpaired) electrons. The maximum absolute atomic E-state index is 12.8. The van der Waals surface area contributed by atoms with Crippen molar-refractivity contribution in [1.29, 1.82) is 0 Å². The van der Waals surface area contributed by atoms with Gasteiger partial charge < -0.3 is 14.2 Å². The van der Waals surface area contributed by atoms with Crippen LogP contribution in [0.15, 0.2) is 36.5 Å². The monoisotopic (exact) mass is 899 g/mol. The van der Waals surface area contributed by atoms with Gasteiger partial charge in [0.15, 0.2) is 6.10 Å². The molecule has 64 heavy (non-hydrogen) atoms. The average Bonchev–Trinajstić information content (AvgIpc) is 3.29. The molecule has 0 heterocycles. The third-order valence-electron chi connectivity index (χ3n) is 12.4. The quantitative estimate of drug-likeness (QED) is 0.0262. The highest BCUT2D eigenvalue weighted by molar-refractivity contribution is 5.71. The molecule has 0 saturated heterocycles. The molecule has 0 aliphatic heterocycles. The first-order chi connectivity index (χ1) is 31.5. The first-order valence-corrected chi connectivity index (χ1v) is 28.0. The van der Waals surface area contributed by atoms with E-state index in [0.717, 1.165) is 96.3 Å². The van der Waals surface area contributed by atoms with Crippen molar-refractivity contribution >= 4 is 17.9 Å². The van der Waals surface area contributed by atoms with Crippen LogP contribution in [-0.2, 0) is 28.6 Å². The molecule has 0 aromatic carbocycles.